The first kappa shape index (κ1) is 8.25. The zero-order valence-electron chi connectivity index (χ0n) is 7.48. The Morgan fingerprint density at radius 2 is 2.23 bits per heavy atom. The van der Waals surface area contributed by atoms with Gasteiger partial charge in [0.15, 0.2) is 0 Å². The summed E-state index contributed by atoms with van der Waals surface area (Å²) in [6, 6.07) is 0.307. The molecule has 70 valence electrons. The van der Waals surface area contributed by atoms with Crippen LogP contribution in [-0.4, -0.2) is 30.8 Å². The first-order valence-corrected chi connectivity index (χ1v) is 3.91. The van der Waals surface area contributed by atoms with Crippen molar-refractivity contribution in [2.24, 2.45) is 0 Å². The van der Waals surface area contributed by atoms with Crippen LogP contribution in [0.3, 0.4) is 0 Å². The lowest BCUT2D eigenvalue weighted by atomic mass is 10.2. The Kier molecular flexibility index (Phi) is 2.02. The van der Waals surface area contributed by atoms with Crippen molar-refractivity contribution in [3.63, 3.8) is 0 Å². The van der Waals surface area contributed by atoms with Gasteiger partial charge in [-0.15, -0.1) is 0 Å². The first-order chi connectivity index (χ1) is 6.35. The predicted molar refractivity (Wildman–Crippen MR) is 43.8 cm³/mol. The van der Waals surface area contributed by atoms with Crippen molar-refractivity contribution >= 4 is 0 Å². The van der Waals surface area contributed by atoms with Gasteiger partial charge in [-0.05, 0) is 0 Å². The third kappa shape index (κ3) is 1.55. The molecule has 2 heterocycles. The van der Waals surface area contributed by atoms with E-state index < -0.39 is 0 Å². The van der Waals surface area contributed by atoms with E-state index in [1.165, 1.54) is 7.11 Å². The standard InChI is InChI=1S/C8H10N2O3/c1-11-7-5(6-4-13-6)3-9-8(10-7)12-2/h3,6H,4H2,1-2H3. The second kappa shape index (κ2) is 3.18. The first-order valence-electron chi connectivity index (χ1n) is 3.91. The maximum atomic E-state index is 5.11. The Hall–Kier alpha value is -1.36. The van der Waals surface area contributed by atoms with E-state index in [1.54, 1.807) is 13.3 Å². The van der Waals surface area contributed by atoms with Gasteiger partial charge in [0, 0.05) is 6.20 Å². The van der Waals surface area contributed by atoms with Gasteiger partial charge in [-0.25, -0.2) is 4.98 Å². The molecule has 1 saturated heterocycles. The van der Waals surface area contributed by atoms with Gasteiger partial charge in [0.2, 0.25) is 5.88 Å². The normalized spacial score (nSPS) is 19.7. The molecule has 1 aromatic rings. The molecular weight excluding hydrogens is 172 g/mol. The Bertz CT molecular complexity index is 312. The number of epoxide rings is 1. The molecular formula is C8H10N2O3. The van der Waals surface area contributed by atoms with Gasteiger partial charge in [0.05, 0.1) is 26.4 Å². The quantitative estimate of drug-likeness (QED) is 0.639. The van der Waals surface area contributed by atoms with Gasteiger partial charge in [-0.3, -0.25) is 0 Å². The number of rotatable bonds is 3. The third-order valence-electron chi connectivity index (χ3n) is 1.81. The molecule has 5 heteroatoms. The van der Waals surface area contributed by atoms with Crippen LogP contribution >= 0.6 is 0 Å². The maximum absolute atomic E-state index is 5.11. The lowest BCUT2D eigenvalue weighted by Crippen LogP contribution is -1.99. The van der Waals surface area contributed by atoms with Crippen molar-refractivity contribution in [3.05, 3.63) is 11.8 Å². The molecule has 0 amide bonds. The van der Waals surface area contributed by atoms with Crippen LogP contribution in [0.4, 0.5) is 0 Å². The second-order valence-electron chi connectivity index (χ2n) is 2.64. The van der Waals surface area contributed by atoms with Crippen molar-refractivity contribution in [2.45, 2.75) is 6.10 Å². The Morgan fingerprint density at radius 1 is 1.46 bits per heavy atom. The number of methoxy groups -OCH3 is 2. The Labute approximate surface area is 75.7 Å². The van der Waals surface area contributed by atoms with Crippen LogP contribution in [0, 0.1) is 0 Å². The molecule has 1 atom stereocenters. The van der Waals surface area contributed by atoms with Crippen LogP contribution in [-0.2, 0) is 4.74 Å². The summed E-state index contributed by atoms with van der Waals surface area (Å²) < 4.78 is 15.1. The molecule has 1 unspecified atom stereocenters. The molecule has 0 radical (unpaired) electrons. The molecule has 2 rings (SSSR count). The van der Waals surface area contributed by atoms with E-state index in [0.29, 0.717) is 18.5 Å². The Balaban J connectivity index is 2.33. The lowest BCUT2D eigenvalue weighted by Gasteiger charge is -2.05. The third-order valence-corrected chi connectivity index (χ3v) is 1.81. The largest absolute Gasteiger partial charge is 0.481 e. The zero-order valence-corrected chi connectivity index (χ0v) is 7.48. The molecule has 0 aliphatic carbocycles. The summed E-state index contributed by atoms with van der Waals surface area (Å²) in [5.74, 6) is 0.523. The van der Waals surface area contributed by atoms with Crippen LogP contribution in [0.25, 0.3) is 0 Å². The molecule has 0 bridgehead atoms. The molecule has 0 saturated carbocycles. The number of hydrogen-bond donors (Lipinski definition) is 0. The highest BCUT2D eigenvalue weighted by atomic mass is 16.6. The molecule has 13 heavy (non-hydrogen) atoms. The number of aromatic nitrogens is 2. The van der Waals surface area contributed by atoms with Crippen molar-refractivity contribution in [3.8, 4) is 11.9 Å². The summed E-state index contributed by atoms with van der Waals surface area (Å²) in [5, 5.41) is 0. The summed E-state index contributed by atoms with van der Waals surface area (Å²) in [4.78, 5) is 8.01. The van der Waals surface area contributed by atoms with Gasteiger partial charge < -0.3 is 14.2 Å². The van der Waals surface area contributed by atoms with Crippen molar-refractivity contribution in [1.82, 2.24) is 9.97 Å². The predicted octanol–water partition coefficient (Wildman–Crippen LogP) is 0.565. The highest BCUT2D eigenvalue weighted by molar-refractivity contribution is 5.29. The smallest absolute Gasteiger partial charge is 0.319 e. The van der Waals surface area contributed by atoms with Crippen LogP contribution < -0.4 is 9.47 Å². The van der Waals surface area contributed by atoms with Crippen LogP contribution in [0.5, 0.6) is 11.9 Å². The molecule has 1 fully saturated rings. The average molecular weight is 182 g/mol. The van der Waals surface area contributed by atoms with Crippen molar-refractivity contribution in [1.29, 1.82) is 0 Å². The van der Waals surface area contributed by atoms with Gasteiger partial charge in [-0.1, -0.05) is 0 Å². The topological polar surface area (TPSA) is 56.8 Å². The fraction of sp³-hybridized carbons (Fsp3) is 0.500. The van der Waals surface area contributed by atoms with Crippen molar-refractivity contribution in [2.75, 3.05) is 20.8 Å². The van der Waals surface area contributed by atoms with Gasteiger partial charge in [-0.2, -0.15) is 4.98 Å². The highest BCUT2D eigenvalue weighted by Crippen LogP contribution is 2.35. The summed E-state index contributed by atoms with van der Waals surface area (Å²) in [6.07, 6.45) is 1.77. The minimum atomic E-state index is 0.0980. The average Bonchev–Trinajstić information content (AvgIpc) is 3.00. The van der Waals surface area contributed by atoms with Gasteiger partial charge in [0.1, 0.15) is 6.10 Å². The molecule has 1 aliphatic heterocycles. The van der Waals surface area contributed by atoms with Gasteiger partial charge in [0.25, 0.3) is 0 Å². The van der Waals surface area contributed by atoms with Crippen LogP contribution in [0.1, 0.15) is 11.7 Å². The van der Waals surface area contributed by atoms with E-state index in [9.17, 15) is 0 Å². The molecule has 5 nitrogen and oxygen atoms in total. The minimum Gasteiger partial charge on any atom is -0.481 e. The fourth-order valence-corrected chi connectivity index (χ4v) is 1.07. The number of hydrogen-bond acceptors (Lipinski definition) is 5. The number of nitrogens with zero attached hydrogens (tertiary/aromatic N) is 2. The Morgan fingerprint density at radius 3 is 2.77 bits per heavy atom. The molecule has 1 aromatic heterocycles. The summed E-state index contributed by atoms with van der Waals surface area (Å²) in [7, 11) is 3.08. The molecule has 0 N–H and O–H groups in total. The van der Waals surface area contributed by atoms with E-state index in [4.69, 9.17) is 14.2 Å². The minimum absolute atomic E-state index is 0.0980. The fourth-order valence-electron chi connectivity index (χ4n) is 1.07. The van der Waals surface area contributed by atoms with E-state index in [1.807, 2.05) is 0 Å². The van der Waals surface area contributed by atoms with Crippen molar-refractivity contribution < 1.29 is 14.2 Å². The zero-order chi connectivity index (χ0) is 9.26. The van der Waals surface area contributed by atoms with Crippen LogP contribution in [0.15, 0.2) is 6.20 Å². The number of ether oxygens (including phenoxy) is 3. The highest BCUT2D eigenvalue weighted by Gasteiger charge is 2.29. The SMILES string of the molecule is COc1ncc(C2CO2)c(OC)n1. The summed E-state index contributed by atoms with van der Waals surface area (Å²) in [5.41, 5.74) is 0.878. The lowest BCUT2D eigenvalue weighted by molar-refractivity contribution is 0.340. The monoisotopic (exact) mass is 182 g/mol. The van der Waals surface area contributed by atoms with Gasteiger partial charge >= 0.3 is 6.01 Å². The molecule has 0 aromatic carbocycles. The second-order valence-corrected chi connectivity index (χ2v) is 2.64. The maximum Gasteiger partial charge on any atom is 0.319 e. The molecule has 1 aliphatic rings. The van der Waals surface area contributed by atoms with E-state index in [0.717, 1.165) is 5.56 Å². The molecule has 0 spiro atoms. The van der Waals surface area contributed by atoms with E-state index in [2.05, 4.69) is 9.97 Å². The summed E-state index contributed by atoms with van der Waals surface area (Å²) in [6.45, 7) is 0.714. The van der Waals surface area contributed by atoms with E-state index in [-0.39, 0.29) is 6.10 Å². The summed E-state index contributed by atoms with van der Waals surface area (Å²) >= 11 is 0. The van der Waals surface area contributed by atoms with E-state index >= 15 is 0 Å². The van der Waals surface area contributed by atoms with Crippen LogP contribution in [0.2, 0.25) is 0 Å².